The SMILES string of the molecule is C.C[C@@H](c1ccc(-c2ccccc2)c(F)c1)c1nnc(-c2ccc(N3CCC(N(C)C)C3)cc2)o1. The van der Waals surface area contributed by atoms with Gasteiger partial charge in [-0.05, 0) is 68.9 Å². The first kappa shape index (κ1) is 24.6. The number of likely N-dealkylation sites (N-methyl/N-ethyl adjacent to an activating group) is 1. The third-order valence-electron chi connectivity index (χ3n) is 6.76. The van der Waals surface area contributed by atoms with Gasteiger partial charge in [0.1, 0.15) is 5.82 Å². The Morgan fingerprint density at radius 3 is 2.37 bits per heavy atom. The summed E-state index contributed by atoms with van der Waals surface area (Å²) >= 11 is 0. The second-order valence-corrected chi connectivity index (χ2v) is 9.17. The molecule has 0 aliphatic carbocycles. The first-order chi connectivity index (χ1) is 16.5. The lowest BCUT2D eigenvalue weighted by atomic mass is 9.97. The molecule has 5 nitrogen and oxygen atoms in total. The van der Waals surface area contributed by atoms with E-state index in [1.54, 1.807) is 6.07 Å². The summed E-state index contributed by atoms with van der Waals surface area (Å²) in [6.45, 7) is 4.05. The van der Waals surface area contributed by atoms with Crippen LogP contribution in [0.2, 0.25) is 0 Å². The number of nitrogens with zero attached hydrogens (tertiary/aromatic N) is 4. The molecule has 182 valence electrons. The van der Waals surface area contributed by atoms with Crippen molar-refractivity contribution in [1.29, 1.82) is 0 Å². The first-order valence-electron chi connectivity index (χ1n) is 11.7. The second-order valence-electron chi connectivity index (χ2n) is 9.17. The number of benzene rings is 3. The van der Waals surface area contributed by atoms with Crippen LogP contribution in [-0.2, 0) is 0 Å². The zero-order valence-electron chi connectivity index (χ0n) is 19.8. The van der Waals surface area contributed by atoms with Gasteiger partial charge in [-0.15, -0.1) is 10.2 Å². The van der Waals surface area contributed by atoms with E-state index in [2.05, 4.69) is 46.2 Å². The lowest BCUT2D eigenvalue weighted by Crippen LogP contribution is -2.31. The standard InChI is InChI=1S/C28H29FN4O.CH4/c1-19(22-11-14-25(26(29)17-22)20-7-5-4-6-8-20)27-30-31-28(34-27)21-9-12-23(13-10-21)33-16-15-24(18-33)32(2)3;/h4-14,17,19,24H,15-16,18H2,1-3H3;1H4/t19-,24?;/m0./s1. The highest BCUT2D eigenvalue weighted by atomic mass is 19.1. The van der Waals surface area contributed by atoms with Crippen LogP contribution in [0.25, 0.3) is 22.6 Å². The van der Waals surface area contributed by atoms with Crippen molar-refractivity contribution in [3.05, 3.63) is 90.1 Å². The Balaban J connectivity index is 0.00000289. The van der Waals surface area contributed by atoms with Crippen molar-refractivity contribution in [3.8, 4) is 22.6 Å². The molecule has 0 radical (unpaired) electrons. The van der Waals surface area contributed by atoms with Gasteiger partial charge in [0.15, 0.2) is 0 Å². The fourth-order valence-electron chi connectivity index (χ4n) is 4.53. The highest BCUT2D eigenvalue weighted by Crippen LogP contribution is 2.31. The summed E-state index contributed by atoms with van der Waals surface area (Å²) in [5.41, 5.74) is 4.32. The highest BCUT2D eigenvalue weighted by Gasteiger charge is 2.24. The molecule has 2 heterocycles. The van der Waals surface area contributed by atoms with Crippen LogP contribution >= 0.6 is 0 Å². The van der Waals surface area contributed by atoms with Gasteiger partial charge in [0.05, 0.1) is 5.92 Å². The Morgan fingerprint density at radius 1 is 0.971 bits per heavy atom. The number of anilines is 1. The van der Waals surface area contributed by atoms with E-state index < -0.39 is 0 Å². The van der Waals surface area contributed by atoms with E-state index in [9.17, 15) is 4.39 Å². The van der Waals surface area contributed by atoms with E-state index in [0.717, 1.165) is 29.8 Å². The molecular formula is C29H33FN4O. The minimum Gasteiger partial charge on any atom is -0.420 e. The fraction of sp³-hybridized carbons (Fsp3) is 0.310. The molecule has 0 saturated carbocycles. The van der Waals surface area contributed by atoms with Crippen molar-refractivity contribution in [2.24, 2.45) is 0 Å². The number of hydrogen-bond donors (Lipinski definition) is 0. The second kappa shape index (κ2) is 10.4. The van der Waals surface area contributed by atoms with Gasteiger partial charge in [0, 0.05) is 35.9 Å². The van der Waals surface area contributed by atoms with Crippen molar-refractivity contribution in [2.45, 2.75) is 32.7 Å². The smallest absolute Gasteiger partial charge is 0.247 e. The number of halogens is 1. The molecule has 1 aliphatic rings. The zero-order valence-corrected chi connectivity index (χ0v) is 19.8. The van der Waals surface area contributed by atoms with Crippen LogP contribution in [0.4, 0.5) is 10.1 Å². The average Bonchev–Trinajstić information content (AvgIpc) is 3.55. The maximum Gasteiger partial charge on any atom is 0.247 e. The molecule has 1 fully saturated rings. The maximum atomic E-state index is 14.8. The van der Waals surface area contributed by atoms with Gasteiger partial charge in [0.25, 0.3) is 0 Å². The molecule has 3 aromatic carbocycles. The molecule has 0 amide bonds. The summed E-state index contributed by atoms with van der Waals surface area (Å²) in [7, 11) is 4.27. The van der Waals surface area contributed by atoms with E-state index in [-0.39, 0.29) is 19.2 Å². The Labute approximate surface area is 207 Å². The molecule has 1 aromatic heterocycles. The maximum absolute atomic E-state index is 14.8. The fourth-order valence-corrected chi connectivity index (χ4v) is 4.53. The average molecular weight is 473 g/mol. The van der Waals surface area contributed by atoms with Crippen LogP contribution in [-0.4, -0.2) is 48.3 Å². The molecule has 2 atom stereocenters. The van der Waals surface area contributed by atoms with Crippen molar-refractivity contribution in [2.75, 3.05) is 32.1 Å². The Morgan fingerprint density at radius 2 is 1.71 bits per heavy atom. The van der Waals surface area contributed by atoms with Crippen LogP contribution in [0.1, 0.15) is 38.1 Å². The van der Waals surface area contributed by atoms with Crippen LogP contribution in [0.5, 0.6) is 0 Å². The molecule has 35 heavy (non-hydrogen) atoms. The van der Waals surface area contributed by atoms with Gasteiger partial charge in [-0.1, -0.05) is 49.9 Å². The molecule has 0 spiro atoms. The van der Waals surface area contributed by atoms with Crippen molar-refractivity contribution >= 4 is 5.69 Å². The van der Waals surface area contributed by atoms with E-state index in [0.29, 0.717) is 23.4 Å². The van der Waals surface area contributed by atoms with E-state index in [1.165, 1.54) is 12.1 Å². The molecule has 1 saturated heterocycles. The first-order valence-corrected chi connectivity index (χ1v) is 11.7. The largest absolute Gasteiger partial charge is 0.420 e. The third-order valence-corrected chi connectivity index (χ3v) is 6.76. The Bertz CT molecular complexity index is 1250. The zero-order chi connectivity index (χ0) is 23.7. The van der Waals surface area contributed by atoms with Crippen molar-refractivity contribution in [1.82, 2.24) is 15.1 Å². The molecular weight excluding hydrogens is 439 g/mol. The highest BCUT2D eigenvalue weighted by molar-refractivity contribution is 5.64. The van der Waals surface area contributed by atoms with Gasteiger partial charge in [0.2, 0.25) is 11.8 Å². The summed E-state index contributed by atoms with van der Waals surface area (Å²) in [6.07, 6.45) is 1.17. The molecule has 1 aliphatic heterocycles. The molecule has 6 heteroatoms. The number of aromatic nitrogens is 2. The van der Waals surface area contributed by atoms with Crippen LogP contribution < -0.4 is 4.90 Å². The van der Waals surface area contributed by atoms with Crippen LogP contribution in [0, 0.1) is 5.82 Å². The Kier molecular flexibility index (Phi) is 7.31. The van der Waals surface area contributed by atoms with E-state index in [1.807, 2.05) is 61.5 Å². The van der Waals surface area contributed by atoms with E-state index >= 15 is 0 Å². The molecule has 0 N–H and O–H groups in total. The van der Waals surface area contributed by atoms with Gasteiger partial charge in [-0.3, -0.25) is 0 Å². The molecule has 0 bridgehead atoms. The topological polar surface area (TPSA) is 45.4 Å². The summed E-state index contributed by atoms with van der Waals surface area (Å²) in [4.78, 5) is 4.69. The normalized spacial score (nSPS) is 16.4. The molecule has 5 rings (SSSR count). The van der Waals surface area contributed by atoms with Crippen LogP contribution in [0.3, 0.4) is 0 Å². The monoisotopic (exact) mass is 472 g/mol. The van der Waals surface area contributed by atoms with Gasteiger partial charge in [-0.25, -0.2) is 4.39 Å². The predicted molar refractivity (Wildman–Crippen MR) is 140 cm³/mol. The lowest BCUT2D eigenvalue weighted by Gasteiger charge is -2.21. The summed E-state index contributed by atoms with van der Waals surface area (Å²) in [6, 6.07) is 23.7. The molecule has 1 unspecified atom stereocenters. The van der Waals surface area contributed by atoms with Crippen LogP contribution in [0.15, 0.2) is 77.2 Å². The summed E-state index contributed by atoms with van der Waals surface area (Å²) in [5.74, 6) is 0.471. The third kappa shape index (κ3) is 5.13. The summed E-state index contributed by atoms with van der Waals surface area (Å²) in [5, 5.41) is 8.51. The van der Waals surface area contributed by atoms with Gasteiger partial charge < -0.3 is 14.2 Å². The van der Waals surface area contributed by atoms with Crippen molar-refractivity contribution in [3.63, 3.8) is 0 Å². The number of rotatable bonds is 6. The quantitative estimate of drug-likeness (QED) is 0.322. The lowest BCUT2D eigenvalue weighted by molar-refractivity contribution is 0.315. The number of hydrogen-bond acceptors (Lipinski definition) is 5. The van der Waals surface area contributed by atoms with Gasteiger partial charge >= 0.3 is 0 Å². The van der Waals surface area contributed by atoms with E-state index in [4.69, 9.17) is 4.42 Å². The molecule has 4 aromatic rings. The van der Waals surface area contributed by atoms with Crippen molar-refractivity contribution < 1.29 is 8.81 Å². The Hall–Kier alpha value is -3.51. The van der Waals surface area contributed by atoms with Gasteiger partial charge in [-0.2, -0.15) is 0 Å². The predicted octanol–water partition coefficient (Wildman–Crippen LogP) is 6.47. The minimum absolute atomic E-state index is 0. The summed E-state index contributed by atoms with van der Waals surface area (Å²) < 4.78 is 20.8. The minimum atomic E-state index is -0.260.